The molecule has 0 aromatic rings. The van der Waals surface area contributed by atoms with E-state index in [1.165, 1.54) is 6.92 Å². The lowest BCUT2D eigenvalue weighted by Gasteiger charge is -2.13. The molecule has 0 aliphatic heterocycles. The Morgan fingerprint density at radius 1 is 1.50 bits per heavy atom. The maximum atomic E-state index is 10.8. The first-order valence-corrected chi connectivity index (χ1v) is 4.51. The molecule has 0 aliphatic carbocycles. The van der Waals surface area contributed by atoms with E-state index in [1.54, 1.807) is 0 Å². The van der Waals surface area contributed by atoms with Gasteiger partial charge in [0.1, 0.15) is 6.04 Å². The van der Waals surface area contributed by atoms with E-state index in [-0.39, 0.29) is 5.91 Å². The molecule has 0 heterocycles. The van der Waals surface area contributed by atoms with E-state index in [4.69, 9.17) is 11.0 Å². The van der Waals surface area contributed by atoms with Crippen molar-refractivity contribution in [3.05, 3.63) is 0 Å². The van der Waals surface area contributed by atoms with Crippen molar-refractivity contribution in [2.75, 3.05) is 0 Å². The lowest BCUT2D eigenvalue weighted by Crippen LogP contribution is -2.43. The van der Waals surface area contributed by atoms with E-state index >= 15 is 0 Å². The second-order valence-electron chi connectivity index (χ2n) is 3.06. The second-order valence-corrected chi connectivity index (χ2v) is 3.06. The maximum Gasteiger partial charge on any atom is 0.239 e. The Labute approximate surface area is 83.3 Å². The summed E-state index contributed by atoms with van der Waals surface area (Å²) in [6.07, 6.45) is 2.39. The van der Waals surface area contributed by atoms with Crippen LogP contribution in [0, 0.1) is 11.3 Å². The number of nitriles is 1. The fraction of sp³-hybridized carbons (Fsp3) is 0.667. The van der Waals surface area contributed by atoms with Gasteiger partial charge in [0, 0.05) is 13.3 Å². The van der Waals surface area contributed by atoms with Crippen LogP contribution in [0.25, 0.3) is 0 Å². The van der Waals surface area contributed by atoms with Crippen LogP contribution in [0.15, 0.2) is 0 Å². The highest BCUT2D eigenvalue weighted by atomic mass is 16.2. The number of carbonyl (C=O) groups excluding carboxylic acids is 2. The number of carbonyl (C=O) groups is 2. The van der Waals surface area contributed by atoms with Crippen LogP contribution >= 0.6 is 0 Å². The molecule has 0 saturated carbocycles. The van der Waals surface area contributed by atoms with Crippen molar-refractivity contribution in [2.45, 2.75) is 38.6 Å². The van der Waals surface area contributed by atoms with E-state index in [2.05, 4.69) is 5.32 Å². The number of nitrogens with zero attached hydrogens (tertiary/aromatic N) is 1. The first-order chi connectivity index (χ1) is 6.57. The Hall–Kier alpha value is -1.57. The largest absolute Gasteiger partial charge is 0.368 e. The number of nitrogens with one attached hydrogen (secondary N) is 1. The minimum atomic E-state index is -0.605. The molecule has 2 amide bonds. The highest BCUT2D eigenvalue weighted by Crippen LogP contribution is 2.02. The lowest BCUT2D eigenvalue weighted by molar-refractivity contribution is -0.126. The SMILES string of the molecule is CC(=O)N[C@@H](CCCCC#N)C(N)=O. The molecule has 0 fully saturated rings. The van der Waals surface area contributed by atoms with Crippen molar-refractivity contribution in [3.8, 4) is 6.07 Å². The number of primary amides is 1. The summed E-state index contributed by atoms with van der Waals surface area (Å²) < 4.78 is 0. The molecule has 0 saturated heterocycles. The normalized spacial score (nSPS) is 11.4. The summed E-state index contributed by atoms with van der Waals surface area (Å²) in [6, 6.07) is 1.40. The first kappa shape index (κ1) is 12.4. The van der Waals surface area contributed by atoms with Crippen LogP contribution in [0.3, 0.4) is 0 Å². The van der Waals surface area contributed by atoms with E-state index < -0.39 is 11.9 Å². The van der Waals surface area contributed by atoms with Gasteiger partial charge in [-0.15, -0.1) is 0 Å². The van der Waals surface area contributed by atoms with Gasteiger partial charge in [-0.3, -0.25) is 9.59 Å². The zero-order valence-electron chi connectivity index (χ0n) is 8.25. The summed E-state index contributed by atoms with van der Waals surface area (Å²) in [5.74, 6) is -0.800. The quantitative estimate of drug-likeness (QED) is 0.589. The van der Waals surface area contributed by atoms with E-state index in [0.717, 1.165) is 6.42 Å². The number of hydrogen-bond acceptors (Lipinski definition) is 3. The molecular weight excluding hydrogens is 182 g/mol. The topological polar surface area (TPSA) is 96.0 Å². The predicted octanol–water partition coefficient (Wildman–Crippen LogP) is 0.0604. The smallest absolute Gasteiger partial charge is 0.239 e. The minimum Gasteiger partial charge on any atom is -0.368 e. The molecule has 5 heteroatoms. The molecular formula is C9H15N3O2. The van der Waals surface area contributed by atoms with Crippen LogP contribution in [-0.4, -0.2) is 17.9 Å². The fourth-order valence-corrected chi connectivity index (χ4v) is 1.08. The first-order valence-electron chi connectivity index (χ1n) is 4.51. The highest BCUT2D eigenvalue weighted by Gasteiger charge is 2.14. The molecule has 0 aromatic heterocycles. The monoisotopic (exact) mass is 197 g/mol. The molecule has 78 valence electrons. The molecule has 1 atom stereocenters. The zero-order chi connectivity index (χ0) is 11.0. The van der Waals surface area contributed by atoms with Crippen LogP contribution in [0.1, 0.15) is 32.6 Å². The fourth-order valence-electron chi connectivity index (χ4n) is 1.08. The van der Waals surface area contributed by atoms with Crippen LogP contribution in [0.2, 0.25) is 0 Å². The molecule has 5 nitrogen and oxygen atoms in total. The number of hydrogen-bond donors (Lipinski definition) is 2. The Morgan fingerprint density at radius 2 is 2.14 bits per heavy atom. The van der Waals surface area contributed by atoms with Crippen molar-refractivity contribution >= 4 is 11.8 Å². The van der Waals surface area contributed by atoms with Crippen LogP contribution < -0.4 is 11.1 Å². The van der Waals surface area contributed by atoms with E-state index in [0.29, 0.717) is 19.3 Å². The Balaban J connectivity index is 3.81. The Bertz CT molecular complexity index is 245. The number of nitrogens with two attached hydrogens (primary N) is 1. The van der Waals surface area contributed by atoms with Gasteiger partial charge < -0.3 is 11.1 Å². The maximum absolute atomic E-state index is 10.8. The summed E-state index contributed by atoms with van der Waals surface area (Å²) in [4.78, 5) is 21.5. The molecule has 0 aliphatic rings. The average Bonchev–Trinajstić information content (AvgIpc) is 2.09. The Morgan fingerprint density at radius 3 is 2.57 bits per heavy atom. The van der Waals surface area contributed by atoms with E-state index in [1.807, 2.05) is 6.07 Å². The van der Waals surface area contributed by atoms with Gasteiger partial charge in [-0.1, -0.05) is 0 Å². The molecule has 0 spiro atoms. The van der Waals surface area contributed by atoms with Gasteiger partial charge >= 0.3 is 0 Å². The minimum absolute atomic E-state index is 0.269. The molecule has 0 rings (SSSR count). The predicted molar refractivity (Wildman–Crippen MR) is 50.9 cm³/mol. The van der Waals surface area contributed by atoms with Crippen molar-refractivity contribution in [1.82, 2.24) is 5.32 Å². The van der Waals surface area contributed by atoms with Gasteiger partial charge in [0.15, 0.2) is 0 Å². The lowest BCUT2D eigenvalue weighted by atomic mass is 10.1. The van der Waals surface area contributed by atoms with Crippen LogP contribution in [0.5, 0.6) is 0 Å². The summed E-state index contributed by atoms with van der Waals surface area (Å²) in [5.41, 5.74) is 5.08. The van der Waals surface area contributed by atoms with Gasteiger partial charge in [0.25, 0.3) is 0 Å². The van der Waals surface area contributed by atoms with Crippen molar-refractivity contribution in [3.63, 3.8) is 0 Å². The summed E-state index contributed by atoms with van der Waals surface area (Å²) in [7, 11) is 0. The Kier molecular flexibility index (Phi) is 6.12. The third-order valence-electron chi connectivity index (χ3n) is 1.75. The van der Waals surface area contributed by atoms with Crippen LogP contribution in [0.4, 0.5) is 0 Å². The third-order valence-corrected chi connectivity index (χ3v) is 1.75. The highest BCUT2D eigenvalue weighted by molar-refractivity contribution is 5.85. The summed E-state index contributed by atoms with van der Waals surface area (Å²) in [6.45, 7) is 1.34. The van der Waals surface area contributed by atoms with Crippen molar-refractivity contribution in [2.24, 2.45) is 5.73 Å². The van der Waals surface area contributed by atoms with Gasteiger partial charge in [-0.25, -0.2) is 0 Å². The van der Waals surface area contributed by atoms with E-state index in [9.17, 15) is 9.59 Å². The molecule has 0 radical (unpaired) electrons. The second kappa shape index (κ2) is 6.89. The number of amides is 2. The van der Waals surface area contributed by atoms with Gasteiger partial charge in [-0.05, 0) is 19.3 Å². The molecule has 14 heavy (non-hydrogen) atoms. The average molecular weight is 197 g/mol. The molecule has 3 N–H and O–H groups in total. The van der Waals surface area contributed by atoms with Gasteiger partial charge in [0.2, 0.25) is 11.8 Å². The van der Waals surface area contributed by atoms with Crippen molar-refractivity contribution in [1.29, 1.82) is 5.26 Å². The molecule has 0 aromatic carbocycles. The number of rotatable bonds is 6. The molecule has 0 unspecified atom stereocenters. The van der Waals surface area contributed by atoms with Crippen molar-refractivity contribution < 1.29 is 9.59 Å². The number of unbranched alkanes of at least 4 members (excludes halogenated alkanes) is 2. The van der Waals surface area contributed by atoms with Gasteiger partial charge in [-0.2, -0.15) is 5.26 Å². The standard InChI is InChI=1S/C9H15N3O2/c1-7(13)12-8(9(11)14)5-3-2-4-6-10/h8H,2-5H2,1H3,(H2,11,14)(H,12,13)/t8-/m0/s1. The molecule has 0 bridgehead atoms. The third kappa shape index (κ3) is 6.00. The zero-order valence-corrected chi connectivity index (χ0v) is 8.25. The summed E-state index contributed by atoms with van der Waals surface area (Å²) in [5, 5.41) is 10.7. The summed E-state index contributed by atoms with van der Waals surface area (Å²) >= 11 is 0. The van der Waals surface area contributed by atoms with Crippen LogP contribution in [-0.2, 0) is 9.59 Å². The van der Waals surface area contributed by atoms with Gasteiger partial charge in [0.05, 0.1) is 6.07 Å².